The molecule has 0 aromatic carbocycles. The lowest BCUT2D eigenvalue weighted by Gasteiger charge is -2.06. The van der Waals surface area contributed by atoms with E-state index in [1.165, 1.54) is 5.56 Å². The Balaban J connectivity index is 2.56. The van der Waals surface area contributed by atoms with Gasteiger partial charge in [0.2, 0.25) is 0 Å². The van der Waals surface area contributed by atoms with E-state index in [9.17, 15) is 0 Å². The van der Waals surface area contributed by atoms with Crippen LogP contribution in [0.1, 0.15) is 12.5 Å². The normalized spacial score (nSPS) is 10.6. The van der Waals surface area contributed by atoms with Gasteiger partial charge in [-0.05, 0) is 25.5 Å². The van der Waals surface area contributed by atoms with Gasteiger partial charge in [0.05, 0.1) is 11.9 Å². The van der Waals surface area contributed by atoms with Crippen LogP contribution < -0.4 is 5.32 Å². The number of pyridine rings is 1. The van der Waals surface area contributed by atoms with Crippen molar-refractivity contribution < 1.29 is 0 Å². The molecule has 2 heterocycles. The summed E-state index contributed by atoms with van der Waals surface area (Å²) >= 11 is 0. The summed E-state index contributed by atoms with van der Waals surface area (Å²) in [5.41, 5.74) is 3.20. The van der Waals surface area contributed by atoms with Gasteiger partial charge in [0, 0.05) is 6.54 Å². The van der Waals surface area contributed by atoms with Gasteiger partial charge >= 0.3 is 0 Å². The smallest absolute Gasteiger partial charge is 0.155 e. The molecule has 2 aromatic heterocycles. The summed E-state index contributed by atoms with van der Waals surface area (Å²) in [7, 11) is 0. The van der Waals surface area contributed by atoms with Gasteiger partial charge in [-0.2, -0.15) is 5.10 Å². The van der Waals surface area contributed by atoms with Gasteiger partial charge in [0.1, 0.15) is 6.33 Å². The molecule has 68 valence electrons. The van der Waals surface area contributed by atoms with Gasteiger partial charge < -0.3 is 5.32 Å². The van der Waals surface area contributed by atoms with Gasteiger partial charge in [-0.25, -0.2) is 9.50 Å². The first-order valence-electron chi connectivity index (χ1n) is 4.35. The molecule has 2 rings (SSSR count). The van der Waals surface area contributed by atoms with Gasteiger partial charge in [0.25, 0.3) is 0 Å². The second-order valence-corrected chi connectivity index (χ2v) is 2.96. The van der Waals surface area contributed by atoms with Crippen molar-refractivity contribution in [1.82, 2.24) is 14.6 Å². The largest absolute Gasteiger partial charge is 0.384 e. The number of aryl methyl sites for hydroxylation is 1. The molecule has 0 saturated carbocycles. The summed E-state index contributed by atoms with van der Waals surface area (Å²) in [6, 6.07) is 2.02. The highest BCUT2D eigenvalue weighted by molar-refractivity contribution is 5.55. The van der Waals surface area contributed by atoms with Crippen molar-refractivity contribution in [3.63, 3.8) is 0 Å². The zero-order valence-corrected chi connectivity index (χ0v) is 7.78. The number of aromatic nitrogens is 3. The summed E-state index contributed by atoms with van der Waals surface area (Å²) < 4.78 is 1.77. The molecule has 4 heteroatoms. The summed E-state index contributed by atoms with van der Waals surface area (Å²) in [6.07, 6.45) is 3.52. The number of hydrogen-bond acceptors (Lipinski definition) is 3. The molecule has 0 atom stereocenters. The third-order valence-corrected chi connectivity index (χ3v) is 1.99. The molecule has 0 amide bonds. The third-order valence-electron chi connectivity index (χ3n) is 1.99. The average molecular weight is 176 g/mol. The average Bonchev–Trinajstić information content (AvgIpc) is 2.52. The van der Waals surface area contributed by atoms with Crippen LogP contribution in [0.15, 0.2) is 18.6 Å². The van der Waals surface area contributed by atoms with Crippen molar-refractivity contribution >= 4 is 11.3 Å². The van der Waals surface area contributed by atoms with Gasteiger partial charge in [-0.15, -0.1) is 0 Å². The fourth-order valence-corrected chi connectivity index (χ4v) is 1.33. The maximum atomic E-state index is 4.10. The van der Waals surface area contributed by atoms with Crippen LogP contribution in [0.3, 0.4) is 0 Å². The summed E-state index contributed by atoms with van der Waals surface area (Å²) in [5, 5.41) is 7.34. The third kappa shape index (κ3) is 1.35. The maximum Gasteiger partial charge on any atom is 0.155 e. The minimum Gasteiger partial charge on any atom is -0.384 e. The Bertz CT molecular complexity index is 418. The van der Waals surface area contributed by atoms with Crippen molar-refractivity contribution in [2.24, 2.45) is 0 Å². The highest BCUT2D eigenvalue weighted by Crippen LogP contribution is 2.14. The number of rotatable bonds is 2. The van der Waals surface area contributed by atoms with Crippen LogP contribution in [0, 0.1) is 6.92 Å². The molecule has 13 heavy (non-hydrogen) atoms. The van der Waals surface area contributed by atoms with E-state index in [1.54, 1.807) is 10.8 Å². The Labute approximate surface area is 76.6 Å². The number of nitrogens with one attached hydrogen (secondary N) is 1. The summed E-state index contributed by atoms with van der Waals surface area (Å²) in [6.45, 7) is 5.05. The molecule has 2 aromatic rings. The molecule has 4 nitrogen and oxygen atoms in total. The first-order chi connectivity index (χ1) is 6.31. The van der Waals surface area contributed by atoms with Gasteiger partial charge in [0.15, 0.2) is 5.65 Å². The molecule has 1 N–H and O–H groups in total. The highest BCUT2D eigenvalue weighted by atomic mass is 15.3. The van der Waals surface area contributed by atoms with Crippen LogP contribution in [0.5, 0.6) is 0 Å². The van der Waals surface area contributed by atoms with Crippen molar-refractivity contribution in [2.75, 3.05) is 11.9 Å². The van der Waals surface area contributed by atoms with Gasteiger partial charge in [-0.1, -0.05) is 0 Å². The fraction of sp³-hybridized carbons (Fsp3) is 0.333. The second kappa shape index (κ2) is 3.05. The molecule has 0 aliphatic heterocycles. The van der Waals surface area contributed by atoms with E-state index in [4.69, 9.17) is 0 Å². The van der Waals surface area contributed by atoms with Crippen LogP contribution in [-0.4, -0.2) is 21.1 Å². The quantitative estimate of drug-likeness (QED) is 0.753. The van der Waals surface area contributed by atoms with Crippen molar-refractivity contribution in [3.05, 3.63) is 24.2 Å². The Hall–Kier alpha value is -1.58. The second-order valence-electron chi connectivity index (χ2n) is 2.96. The predicted molar refractivity (Wildman–Crippen MR) is 51.9 cm³/mol. The highest BCUT2D eigenvalue weighted by Gasteiger charge is 2.00. The maximum absolute atomic E-state index is 4.10. The van der Waals surface area contributed by atoms with Crippen LogP contribution in [-0.2, 0) is 0 Å². The van der Waals surface area contributed by atoms with Crippen LogP contribution in [0.4, 0.5) is 5.69 Å². The summed E-state index contributed by atoms with van der Waals surface area (Å²) in [5.74, 6) is 0. The van der Waals surface area contributed by atoms with Crippen molar-refractivity contribution in [2.45, 2.75) is 13.8 Å². The minimum absolute atomic E-state index is 0.888. The van der Waals surface area contributed by atoms with E-state index in [2.05, 4.69) is 29.2 Å². The van der Waals surface area contributed by atoms with E-state index < -0.39 is 0 Å². The first-order valence-corrected chi connectivity index (χ1v) is 4.35. The molecular weight excluding hydrogens is 164 g/mol. The summed E-state index contributed by atoms with van der Waals surface area (Å²) in [4.78, 5) is 4.10. The van der Waals surface area contributed by atoms with Crippen molar-refractivity contribution in [1.29, 1.82) is 0 Å². The molecule has 0 unspecified atom stereocenters. The van der Waals surface area contributed by atoms with E-state index in [-0.39, 0.29) is 0 Å². The Morgan fingerprint density at radius 1 is 1.54 bits per heavy atom. The Morgan fingerprint density at radius 2 is 2.38 bits per heavy atom. The molecule has 0 saturated heterocycles. The van der Waals surface area contributed by atoms with Crippen molar-refractivity contribution in [3.8, 4) is 0 Å². The lowest BCUT2D eigenvalue weighted by molar-refractivity contribution is 0.955. The predicted octanol–water partition coefficient (Wildman–Crippen LogP) is 1.47. The molecule has 0 aliphatic rings. The van der Waals surface area contributed by atoms with Crippen LogP contribution >= 0.6 is 0 Å². The first kappa shape index (κ1) is 8.04. The van der Waals surface area contributed by atoms with E-state index in [0.29, 0.717) is 0 Å². The molecule has 0 spiro atoms. The Kier molecular flexibility index (Phi) is 1.88. The fourth-order valence-electron chi connectivity index (χ4n) is 1.33. The van der Waals surface area contributed by atoms with Gasteiger partial charge in [-0.3, -0.25) is 0 Å². The SMILES string of the molecule is CCNc1cn2ncnc2cc1C. The number of hydrogen-bond donors (Lipinski definition) is 1. The standard InChI is InChI=1S/C9H12N4/c1-3-10-8-5-13-9(4-7(8)2)11-6-12-13/h4-6,10H,3H2,1-2H3. The van der Waals surface area contributed by atoms with Crippen LogP contribution in [0.25, 0.3) is 5.65 Å². The zero-order valence-electron chi connectivity index (χ0n) is 7.78. The molecule has 0 bridgehead atoms. The number of fused-ring (bicyclic) bond motifs is 1. The van der Waals surface area contributed by atoms with Crippen LogP contribution in [0.2, 0.25) is 0 Å². The molecule has 0 aliphatic carbocycles. The monoisotopic (exact) mass is 176 g/mol. The Morgan fingerprint density at radius 3 is 3.15 bits per heavy atom. The zero-order chi connectivity index (χ0) is 9.26. The van der Waals surface area contributed by atoms with E-state index in [1.807, 2.05) is 12.3 Å². The molecule has 0 radical (unpaired) electrons. The molecule has 0 fully saturated rings. The van der Waals surface area contributed by atoms with E-state index >= 15 is 0 Å². The number of nitrogens with zero attached hydrogens (tertiary/aromatic N) is 3. The number of anilines is 1. The topological polar surface area (TPSA) is 42.2 Å². The lowest BCUT2D eigenvalue weighted by atomic mass is 10.2. The van der Waals surface area contributed by atoms with E-state index in [0.717, 1.165) is 17.9 Å². The lowest BCUT2D eigenvalue weighted by Crippen LogP contribution is -2.01. The minimum atomic E-state index is 0.888. The molecular formula is C9H12N4.